The number of ether oxygens (including phenoxy) is 3. The molecule has 8 nitrogen and oxygen atoms in total. The van der Waals surface area contributed by atoms with Crippen LogP contribution in [0.5, 0.6) is 11.5 Å². The second-order valence-electron chi connectivity index (χ2n) is 7.11. The third-order valence-corrected chi connectivity index (χ3v) is 6.12. The molecule has 9 heteroatoms. The molecule has 0 spiro atoms. The number of anilines is 1. The number of fused-ring (bicyclic) bond motifs is 2. The number of carbonyl (C=O) groups excluding carboxylic acids is 3. The maximum atomic E-state index is 12.3. The van der Waals surface area contributed by atoms with Gasteiger partial charge in [-0.05, 0) is 48.9 Å². The highest BCUT2D eigenvalue weighted by atomic mass is 32.1. The largest absolute Gasteiger partial charge is 0.454 e. The monoisotopic (exact) mass is 416 g/mol. The minimum absolute atomic E-state index is 0.0992. The first-order valence-corrected chi connectivity index (χ1v) is 10.0. The highest BCUT2D eigenvalue weighted by Crippen LogP contribution is 2.39. The van der Waals surface area contributed by atoms with Crippen LogP contribution in [0.2, 0.25) is 0 Å². The second-order valence-corrected chi connectivity index (χ2v) is 8.22. The van der Waals surface area contributed by atoms with Crippen molar-refractivity contribution in [2.45, 2.75) is 26.2 Å². The number of carbonyl (C=O) groups is 3. The smallest absolute Gasteiger partial charge is 0.338 e. The van der Waals surface area contributed by atoms with Crippen LogP contribution in [0.4, 0.5) is 5.00 Å². The van der Waals surface area contributed by atoms with Crippen molar-refractivity contribution in [2.24, 2.45) is 11.7 Å². The lowest BCUT2D eigenvalue weighted by Crippen LogP contribution is -2.23. The van der Waals surface area contributed by atoms with E-state index in [4.69, 9.17) is 19.9 Å². The summed E-state index contributed by atoms with van der Waals surface area (Å²) in [5, 5.41) is 3.09. The third-order valence-electron chi connectivity index (χ3n) is 4.95. The van der Waals surface area contributed by atoms with E-state index < -0.39 is 24.4 Å². The minimum atomic E-state index is -0.659. The van der Waals surface area contributed by atoms with E-state index in [0.29, 0.717) is 28.0 Å². The van der Waals surface area contributed by atoms with E-state index in [0.717, 1.165) is 29.7 Å². The van der Waals surface area contributed by atoms with Gasteiger partial charge in [0.25, 0.3) is 11.8 Å². The van der Waals surface area contributed by atoms with E-state index in [9.17, 15) is 14.4 Å². The molecule has 29 heavy (non-hydrogen) atoms. The molecule has 2 aliphatic rings. The minimum Gasteiger partial charge on any atom is -0.454 e. The number of thiophene rings is 1. The fraction of sp³-hybridized carbons (Fsp3) is 0.350. The van der Waals surface area contributed by atoms with Crippen LogP contribution in [-0.4, -0.2) is 31.2 Å². The van der Waals surface area contributed by atoms with Crippen molar-refractivity contribution >= 4 is 34.1 Å². The van der Waals surface area contributed by atoms with Crippen LogP contribution in [0.15, 0.2) is 18.2 Å². The molecule has 2 heterocycles. The van der Waals surface area contributed by atoms with Crippen molar-refractivity contribution < 1.29 is 28.6 Å². The number of amides is 2. The fourth-order valence-corrected chi connectivity index (χ4v) is 4.93. The molecule has 0 unspecified atom stereocenters. The van der Waals surface area contributed by atoms with Crippen molar-refractivity contribution in [3.05, 3.63) is 39.8 Å². The number of hydrogen-bond acceptors (Lipinski definition) is 7. The third kappa shape index (κ3) is 3.91. The van der Waals surface area contributed by atoms with Crippen molar-refractivity contribution in [1.82, 2.24) is 0 Å². The van der Waals surface area contributed by atoms with Gasteiger partial charge in [-0.25, -0.2) is 4.79 Å². The molecule has 2 aromatic rings. The van der Waals surface area contributed by atoms with Gasteiger partial charge in [0.1, 0.15) is 5.00 Å². The van der Waals surface area contributed by atoms with Crippen LogP contribution < -0.4 is 20.5 Å². The van der Waals surface area contributed by atoms with Gasteiger partial charge in [0, 0.05) is 4.88 Å². The number of benzene rings is 1. The summed E-state index contributed by atoms with van der Waals surface area (Å²) in [5.41, 5.74) is 7.09. The molecule has 1 aromatic carbocycles. The Labute approximate surface area is 170 Å². The van der Waals surface area contributed by atoms with E-state index in [1.54, 1.807) is 6.07 Å². The molecule has 0 bridgehead atoms. The van der Waals surface area contributed by atoms with Crippen molar-refractivity contribution in [3.8, 4) is 11.5 Å². The Bertz CT molecular complexity index is 999. The predicted molar refractivity (Wildman–Crippen MR) is 106 cm³/mol. The van der Waals surface area contributed by atoms with Crippen LogP contribution in [0.3, 0.4) is 0 Å². The Morgan fingerprint density at radius 3 is 2.86 bits per heavy atom. The molecule has 1 aromatic heterocycles. The Hall–Kier alpha value is -3.07. The van der Waals surface area contributed by atoms with Gasteiger partial charge in [0.2, 0.25) is 6.79 Å². The van der Waals surface area contributed by atoms with Crippen LogP contribution in [0.25, 0.3) is 0 Å². The van der Waals surface area contributed by atoms with Gasteiger partial charge in [-0.1, -0.05) is 6.92 Å². The van der Waals surface area contributed by atoms with E-state index >= 15 is 0 Å². The molecule has 4 rings (SSSR count). The van der Waals surface area contributed by atoms with Crippen LogP contribution in [0.1, 0.15) is 44.5 Å². The molecule has 1 aliphatic carbocycles. The summed E-state index contributed by atoms with van der Waals surface area (Å²) in [6, 6.07) is 4.64. The highest BCUT2D eigenvalue weighted by molar-refractivity contribution is 7.17. The van der Waals surface area contributed by atoms with Gasteiger partial charge in [-0.3, -0.25) is 9.59 Å². The number of hydrogen-bond donors (Lipinski definition) is 2. The standard InChI is InChI=1S/C20H20N2O6S/c1-10-2-4-12-15(6-10)29-19(17(12)18(21)24)22-16(23)8-26-20(25)11-3-5-13-14(7-11)28-9-27-13/h3,5,7,10H,2,4,6,8-9H2,1H3,(H2,21,24)(H,22,23)/t10-/m0/s1. The molecular weight excluding hydrogens is 396 g/mol. The van der Waals surface area contributed by atoms with Gasteiger partial charge in [0.05, 0.1) is 11.1 Å². The Kier molecular flexibility index (Phi) is 5.14. The normalized spacial score (nSPS) is 16.8. The average molecular weight is 416 g/mol. The zero-order chi connectivity index (χ0) is 20.5. The van der Waals surface area contributed by atoms with E-state index in [-0.39, 0.29) is 12.4 Å². The lowest BCUT2D eigenvalue weighted by Gasteiger charge is -2.18. The molecule has 0 saturated carbocycles. The quantitative estimate of drug-likeness (QED) is 0.724. The lowest BCUT2D eigenvalue weighted by atomic mass is 9.88. The SMILES string of the molecule is C[C@H]1CCc2c(sc(NC(=O)COC(=O)c3ccc4c(c3)OCO4)c2C(N)=O)C1. The molecule has 0 saturated heterocycles. The van der Waals surface area contributed by atoms with Crippen LogP contribution >= 0.6 is 11.3 Å². The van der Waals surface area contributed by atoms with Gasteiger partial charge in [0.15, 0.2) is 18.1 Å². The summed E-state index contributed by atoms with van der Waals surface area (Å²) < 4.78 is 15.5. The maximum Gasteiger partial charge on any atom is 0.338 e. The number of esters is 1. The molecular formula is C20H20N2O6S. The molecule has 1 atom stereocenters. The van der Waals surface area contributed by atoms with E-state index in [1.807, 2.05) is 0 Å². The van der Waals surface area contributed by atoms with E-state index in [1.165, 1.54) is 23.5 Å². The first-order chi connectivity index (χ1) is 13.9. The van der Waals surface area contributed by atoms with Crippen molar-refractivity contribution in [2.75, 3.05) is 18.7 Å². The van der Waals surface area contributed by atoms with Gasteiger partial charge >= 0.3 is 5.97 Å². The average Bonchev–Trinajstić information content (AvgIpc) is 3.28. The predicted octanol–water partition coefficient (Wildman–Crippen LogP) is 2.50. The molecule has 3 N–H and O–H groups in total. The topological polar surface area (TPSA) is 117 Å². The number of primary amides is 1. The molecule has 2 amide bonds. The Morgan fingerprint density at radius 1 is 1.28 bits per heavy atom. The van der Waals surface area contributed by atoms with Crippen LogP contribution in [-0.2, 0) is 22.4 Å². The van der Waals surface area contributed by atoms with Crippen molar-refractivity contribution in [3.63, 3.8) is 0 Å². The number of nitrogens with two attached hydrogens (primary N) is 1. The summed E-state index contributed by atoms with van der Waals surface area (Å²) >= 11 is 1.36. The van der Waals surface area contributed by atoms with Crippen LogP contribution in [0, 0.1) is 5.92 Å². The highest BCUT2D eigenvalue weighted by Gasteiger charge is 2.27. The second kappa shape index (κ2) is 7.75. The van der Waals surface area contributed by atoms with Gasteiger partial charge < -0.3 is 25.3 Å². The molecule has 0 fully saturated rings. The van der Waals surface area contributed by atoms with Crippen molar-refractivity contribution in [1.29, 1.82) is 0 Å². The van der Waals surface area contributed by atoms with E-state index in [2.05, 4.69) is 12.2 Å². The molecule has 0 radical (unpaired) electrons. The summed E-state index contributed by atoms with van der Waals surface area (Å²) in [4.78, 5) is 37.5. The zero-order valence-corrected chi connectivity index (χ0v) is 16.6. The van der Waals surface area contributed by atoms with Gasteiger partial charge in [-0.15, -0.1) is 11.3 Å². The molecule has 1 aliphatic heterocycles. The molecule has 152 valence electrons. The number of nitrogens with one attached hydrogen (secondary N) is 1. The summed E-state index contributed by atoms with van der Waals surface area (Å²) in [5.74, 6) is -0.235. The first-order valence-electron chi connectivity index (χ1n) is 9.23. The lowest BCUT2D eigenvalue weighted by molar-refractivity contribution is -0.119. The summed E-state index contributed by atoms with van der Waals surface area (Å²) in [7, 11) is 0. The van der Waals surface area contributed by atoms with Gasteiger partial charge in [-0.2, -0.15) is 0 Å². The number of rotatable bonds is 5. The summed E-state index contributed by atoms with van der Waals surface area (Å²) in [6.07, 6.45) is 2.60. The zero-order valence-electron chi connectivity index (χ0n) is 15.8. The maximum absolute atomic E-state index is 12.3. The first kappa shape index (κ1) is 19.3. The summed E-state index contributed by atoms with van der Waals surface area (Å²) in [6.45, 7) is 1.77. The Balaban J connectivity index is 1.41. The Morgan fingerprint density at radius 2 is 2.07 bits per heavy atom. The fourth-order valence-electron chi connectivity index (χ4n) is 3.50.